The molecule has 22 heavy (non-hydrogen) atoms. The molecule has 0 spiro atoms. The van der Waals surface area contributed by atoms with Crippen LogP contribution < -0.4 is 5.32 Å². The molecule has 6 nitrogen and oxygen atoms in total. The molecule has 0 aromatic carbocycles. The fourth-order valence-corrected chi connectivity index (χ4v) is 2.92. The number of hydrogen-bond donors (Lipinski definition) is 1. The number of nitrogens with zero attached hydrogens (tertiary/aromatic N) is 3. The molecule has 0 saturated heterocycles. The standard InChI is InChI=1S/C15H16N4O2S/c1-8-5-9(2)17-15(12(8)7-16)22-11(4)14(20)18-13-6-10(3)21-19-13/h5-6,11H,1-4H3,(H,18,19,20). The van der Waals surface area contributed by atoms with Crippen molar-refractivity contribution in [3.8, 4) is 6.07 Å². The van der Waals surface area contributed by atoms with Crippen LogP contribution in [0.4, 0.5) is 5.82 Å². The number of nitriles is 1. The fourth-order valence-electron chi connectivity index (χ4n) is 1.90. The molecule has 1 unspecified atom stereocenters. The van der Waals surface area contributed by atoms with Crippen molar-refractivity contribution in [1.29, 1.82) is 5.26 Å². The minimum Gasteiger partial charge on any atom is -0.360 e. The van der Waals surface area contributed by atoms with Crippen molar-refractivity contribution in [3.05, 3.63) is 34.7 Å². The number of carbonyl (C=O) groups excluding carboxylic acids is 1. The van der Waals surface area contributed by atoms with Crippen molar-refractivity contribution in [3.63, 3.8) is 0 Å². The SMILES string of the molecule is Cc1cc(C)c(C#N)c(SC(C)C(=O)Nc2cc(C)on2)n1. The van der Waals surface area contributed by atoms with E-state index in [4.69, 9.17) is 4.52 Å². The van der Waals surface area contributed by atoms with E-state index in [0.717, 1.165) is 11.3 Å². The maximum atomic E-state index is 12.2. The van der Waals surface area contributed by atoms with Crippen molar-refractivity contribution >= 4 is 23.5 Å². The molecule has 0 aliphatic rings. The van der Waals surface area contributed by atoms with Crippen molar-refractivity contribution in [2.45, 2.75) is 38.0 Å². The van der Waals surface area contributed by atoms with Crippen LogP contribution in [-0.4, -0.2) is 21.3 Å². The van der Waals surface area contributed by atoms with Gasteiger partial charge in [0.15, 0.2) is 5.82 Å². The minimum atomic E-state index is -0.419. The predicted octanol–water partition coefficient (Wildman–Crippen LogP) is 2.99. The summed E-state index contributed by atoms with van der Waals surface area (Å²) in [6.45, 7) is 7.23. The number of carbonyl (C=O) groups is 1. The molecule has 2 aromatic heterocycles. The van der Waals surface area contributed by atoms with Crippen molar-refractivity contribution in [1.82, 2.24) is 10.1 Å². The van der Waals surface area contributed by atoms with Crippen LogP contribution in [-0.2, 0) is 4.79 Å². The molecular weight excluding hydrogens is 300 g/mol. The number of amides is 1. The van der Waals surface area contributed by atoms with Gasteiger partial charge in [-0.1, -0.05) is 16.9 Å². The second-order valence-electron chi connectivity index (χ2n) is 4.94. The van der Waals surface area contributed by atoms with Gasteiger partial charge < -0.3 is 9.84 Å². The predicted molar refractivity (Wildman–Crippen MR) is 83.6 cm³/mol. The first-order chi connectivity index (χ1) is 10.4. The summed E-state index contributed by atoms with van der Waals surface area (Å²) in [5, 5.41) is 15.8. The number of rotatable bonds is 4. The van der Waals surface area contributed by atoms with Gasteiger partial charge in [0.25, 0.3) is 0 Å². The lowest BCUT2D eigenvalue weighted by atomic mass is 10.1. The Morgan fingerprint density at radius 1 is 1.41 bits per heavy atom. The summed E-state index contributed by atoms with van der Waals surface area (Å²) in [5.74, 6) is 0.783. The van der Waals surface area contributed by atoms with E-state index in [0.29, 0.717) is 22.2 Å². The highest BCUT2D eigenvalue weighted by molar-refractivity contribution is 8.00. The number of anilines is 1. The number of nitrogens with one attached hydrogen (secondary N) is 1. The molecule has 114 valence electrons. The van der Waals surface area contributed by atoms with Crippen LogP contribution in [0, 0.1) is 32.1 Å². The molecule has 0 saturated carbocycles. The average Bonchev–Trinajstić information content (AvgIpc) is 2.83. The Hall–Kier alpha value is -2.33. The maximum absolute atomic E-state index is 12.2. The molecule has 0 bridgehead atoms. The molecule has 2 aromatic rings. The number of thioether (sulfide) groups is 1. The van der Waals surface area contributed by atoms with Crippen LogP contribution in [0.25, 0.3) is 0 Å². The number of aryl methyl sites for hydroxylation is 3. The highest BCUT2D eigenvalue weighted by Gasteiger charge is 2.19. The van der Waals surface area contributed by atoms with Gasteiger partial charge in [0.05, 0.1) is 10.8 Å². The van der Waals surface area contributed by atoms with Gasteiger partial charge in [0, 0.05) is 11.8 Å². The third-order valence-corrected chi connectivity index (χ3v) is 4.05. The van der Waals surface area contributed by atoms with Crippen LogP contribution in [0.5, 0.6) is 0 Å². The zero-order chi connectivity index (χ0) is 16.3. The summed E-state index contributed by atoms with van der Waals surface area (Å²) in [5.41, 5.74) is 2.18. The fraction of sp³-hybridized carbons (Fsp3) is 0.333. The van der Waals surface area contributed by atoms with E-state index in [9.17, 15) is 10.1 Å². The summed E-state index contributed by atoms with van der Waals surface area (Å²) in [6.07, 6.45) is 0. The molecule has 0 aliphatic heterocycles. The van der Waals surface area contributed by atoms with Crippen LogP contribution in [0.2, 0.25) is 0 Å². The monoisotopic (exact) mass is 316 g/mol. The van der Waals surface area contributed by atoms with E-state index in [1.807, 2.05) is 19.9 Å². The zero-order valence-electron chi connectivity index (χ0n) is 12.8. The summed E-state index contributed by atoms with van der Waals surface area (Å²) in [6, 6.07) is 5.64. The van der Waals surface area contributed by atoms with Gasteiger partial charge in [-0.3, -0.25) is 4.79 Å². The lowest BCUT2D eigenvalue weighted by Gasteiger charge is -2.12. The third-order valence-electron chi connectivity index (χ3n) is 2.96. The van der Waals surface area contributed by atoms with Gasteiger partial charge >= 0.3 is 0 Å². The second kappa shape index (κ2) is 6.62. The summed E-state index contributed by atoms with van der Waals surface area (Å²) < 4.78 is 4.90. The first kappa shape index (κ1) is 16.0. The number of hydrogen-bond acceptors (Lipinski definition) is 6. The van der Waals surface area contributed by atoms with E-state index in [2.05, 4.69) is 21.5 Å². The number of aromatic nitrogens is 2. The molecule has 7 heteroatoms. The van der Waals surface area contributed by atoms with Gasteiger partial charge in [-0.05, 0) is 39.3 Å². The molecule has 0 aliphatic carbocycles. The quantitative estimate of drug-likeness (QED) is 0.872. The highest BCUT2D eigenvalue weighted by atomic mass is 32.2. The van der Waals surface area contributed by atoms with E-state index in [-0.39, 0.29) is 5.91 Å². The van der Waals surface area contributed by atoms with E-state index in [1.165, 1.54) is 11.8 Å². The molecule has 1 amide bonds. The maximum Gasteiger partial charge on any atom is 0.238 e. The second-order valence-corrected chi connectivity index (χ2v) is 6.27. The Balaban J connectivity index is 2.13. The average molecular weight is 316 g/mol. The van der Waals surface area contributed by atoms with Crippen LogP contribution in [0.1, 0.15) is 29.5 Å². The van der Waals surface area contributed by atoms with Crippen LogP contribution in [0.3, 0.4) is 0 Å². The van der Waals surface area contributed by atoms with Gasteiger partial charge in [-0.2, -0.15) is 5.26 Å². The van der Waals surface area contributed by atoms with Gasteiger partial charge in [-0.15, -0.1) is 0 Å². The lowest BCUT2D eigenvalue weighted by Crippen LogP contribution is -2.22. The molecule has 0 fully saturated rings. The molecule has 1 atom stereocenters. The molecule has 2 rings (SSSR count). The largest absolute Gasteiger partial charge is 0.360 e. The number of pyridine rings is 1. The van der Waals surface area contributed by atoms with Crippen LogP contribution in [0.15, 0.2) is 21.7 Å². The van der Waals surface area contributed by atoms with Crippen molar-refractivity contribution < 1.29 is 9.32 Å². The highest BCUT2D eigenvalue weighted by Crippen LogP contribution is 2.27. The molecular formula is C15H16N4O2S. The normalized spacial score (nSPS) is 11.8. The van der Waals surface area contributed by atoms with Gasteiger partial charge in [0.1, 0.15) is 16.9 Å². The Morgan fingerprint density at radius 2 is 2.14 bits per heavy atom. The smallest absolute Gasteiger partial charge is 0.238 e. The zero-order valence-corrected chi connectivity index (χ0v) is 13.6. The first-order valence-corrected chi connectivity index (χ1v) is 7.58. The third kappa shape index (κ3) is 3.65. The topological polar surface area (TPSA) is 91.8 Å². The van der Waals surface area contributed by atoms with E-state index in [1.54, 1.807) is 19.9 Å². The molecule has 0 radical (unpaired) electrons. The minimum absolute atomic E-state index is 0.219. The first-order valence-electron chi connectivity index (χ1n) is 6.70. The molecule has 2 heterocycles. The Morgan fingerprint density at radius 3 is 2.73 bits per heavy atom. The van der Waals surface area contributed by atoms with Crippen molar-refractivity contribution in [2.24, 2.45) is 0 Å². The summed E-state index contributed by atoms with van der Waals surface area (Å²) in [7, 11) is 0. The van der Waals surface area contributed by atoms with Crippen molar-refractivity contribution in [2.75, 3.05) is 5.32 Å². The van der Waals surface area contributed by atoms with Gasteiger partial charge in [-0.25, -0.2) is 4.98 Å². The molecule has 1 N–H and O–H groups in total. The van der Waals surface area contributed by atoms with Crippen LogP contribution >= 0.6 is 11.8 Å². The summed E-state index contributed by atoms with van der Waals surface area (Å²) >= 11 is 1.25. The Bertz CT molecular complexity index is 748. The van der Waals surface area contributed by atoms with E-state index >= 15 is 0 Å². The lowest BCUT2D eigenvalue weighted by molar-refractivity contribution is -0.115. The Kier molecular flexibility index (Phi) is 4.83. The van der Waals surface area contributed by atoms with E-state index < -0.39 is 5.25 Å². The summed E-state index contributed by atoms with van der Waals surface area (Å²) in [4.78, 5) is 16.5. The van der Waals surface area contributed by atoms with Gasteiger partial charge in [0.2, 0.25) is 5.91 Å². The Labute approximate surface area is 132 Å².